The molecule has 0 aromatic heterocycles. The summed E-state index contributed by atoms with van der Waals surface area (Å²) in [7, 11) is 0. The Labute approximate surface area is 63.6 Å². The molecule has 0 heterocycles. The largest absolute Gasteiger partial charge is 0.480 e. The number of amides is 1. The van der Waals surface area contributed by atoms with Gasteiger partial charge < -0.3 is 16.2 Å². The average Bonchev–Trinajstić information content (AvgIpc) is 2.69. The molecular formula is C6H10N2O3. The second-order valence-electron chi connectivity index (χ2n) is 2.64. The molecule has 1 rings (SSSR count). The number of carbonyl (C=O) groups excluding carboxylic acids is 1. The third-order valence-corrected chi connectivity index (χ3v) is 1.72. The Morgan fingerprint density at radius 3 is 2.36 bits per heavy atom. The Morgan fingerprint density at radius 2 is 2.09 bits per heavy atom. The lowest BCUT2D eigenvalue weighted by Gasteiger charge is -2.10. The number of carbonyl (C=O) groups is 2. The van der Waals surface area contributed by atoms with Gasteiger partial charge in [-0.2, -0.15) is 0 Å². The zero-order valence-corrected chi connectivity index (χ0v) is 5.96. The highest BCUT2D eigenvalue weighted by Gasteiger charge is 2.51. The molecular weight excluding hydrogens is 148 g/mol. The summed E-state index contributed by atoms with van der Waals surface area (Å²) in [6.45, 7) is -0.158. The standard InChI is InChI=1S/C6H10N2O3/c7-3-4(9)8-6(1-2-6)5(10)11/h1-3,7H2,(H,8,9)(H,10,11). The fraction of sp³-hybridized carbons (Fsp3) is 0.667. The maximum absolute atomic E-state index is 10.7. The van der Waals surface area contributed by atoms with Crippen LogP contribution in [-0.4, -0.2) is 29.1 Å². The number of hydrogen-bond acceptors (Lipinski definition) is 3. The van der Waals surface area contributed by atoms with Crippen LogP contribution >= 0.6 is 0 Å². The lowest BCUT2D eigenvalue weighted by Crippen LogP contribution is -2.45. The molecule has 0 spiro atoms. The molecule has 0 saturated heterocycles. The van der Waals surface area contributed by atoms with E-state index in [1.54, 1.807) is 0 Å². The van der Waals surface area contributed by atoms with Crippen LogP contribution in [0.2, 0.25) is 0 Å². The number of nitrogens with two attached hydrogens (primary N) is 1. The van der Waals surface area contributed by atoms with Crippen molar-refractivity contribution in [1.29, 1.82) is 0 Å². The van der Waals surface area contributed by atoms with Crippen molar-refractivity contribution < 1.29 is 14.7 Å². The normalized spacial score (nSPS) is 19.0. The molecule has 1 aliphatic carbocycles. The first-order valence-electron chi connectivity index (χ1n) is 3.35. The van der Waals surface area contributed by atoms with Crippen LogP contribution in [0.25, 0.3) is 0 Å². The number of hydrogen-bond donors (Lipinski definition) is 3. The number of carboxylic acid groups (broad SMARTS) is 1. The van der Waals surface area contributed by atoms with Gasteiger partial charge in [0, 0.05) is 0 Å². The van der Waals surface area contributed by atoms with Crippen molar-refractivity contribution in [2.24, 2.45) is 5.73 Å². The Morgan fingerprint density at radius 1 is 1.55 bits per heavy atom. The highest BCUT2D eigenvalue weighted by Crippen LogP contribution is 2.35. The van der Waals surface area contributed by atoms with Crippen molar-refractivity contribution >= 4 is 11.9 Å². The van der Waals surface area contributed by atoms with E-state index in [4.69, 9.17) is 10.8 Å². The van der Waals surface area contributed by atoms with Crippen molar-refractivity contribution in [3.63, 3.8) is 0 Å². The number of carboxylic acids is 1. The van der Waals surface area contributed by atoms with Gasteiger partial charge in [0.25, 0.3) is 0 Å². The van der Waals surface area contributed by atoms with Crippen LogP contribution in [0, 0.1) is 0 Å². The molecule has 0 radical (unpaired) electrons. The Hall–Kier alpha value is -1.10. The van der Waals surface area contributed by atoms with E-state index in [1.807, 2.05) is 0 Å². The van der Waals surface area contributed by atoms with Gasteiger partial charge in [0.15, 0.2) is 0 Å². The predicted molar refractivity (Wildman–Crippen MR) is 36.8 cm³/mol. The molecule has 1 amide bonds. The molecule has 62 valence electrons. The molecule has 0 atom stereocenters. The number of aliphatic carboxylic acids is 1. The summed E-state index contributed by atoms with van der Waals surface area (Å²) in [6.07, 6.45) is 1.02. The maximum Gasteiger partial charge on any atom is 0.329 e. The zero-order valence-electron chi connectivity index (χ0n) is 5.96. The summed E-state index contributed by atoms with van der Waals surface area (Å²) in [5, 5.41) is 10.9. The van der Waals surface area contributed by atoms with Crippen molar-refractivity contribution in [3.8, 4) is 0 Å². The predicted octanol–water partition coefficient (Wildman–Crippen LogP) is -1.32. The molecule has 4 N–H and O–H groups in total. The van der Waals surface area contributed by atoms with E-state index in [0.29, 0.717) is 12.8 Å². The first-order chi connectivity index (χ1) is 5.10. The van der Waals surface area contributed by atoms with Gasteiger partial charge in [0.2, 0.25) is 5.91 Å². The summed E-state index contributed by atoms with van der Waals surface area (Å²) in [6, 6.07) is 0. The molecule has 0 aliphatic heterocycles. The van der Waals surface area contributed by atoms with Crippen LogP contribution in [-0.2, 0) is 9.59 Å². The molecule has 0 unspecified atom stereocenters. The van der Waals surface area contributed by atoms with Gasteiger partial charge in [-0.1, -0.05) is 0 Å². The van der Waals surface area contributed by atoms with Gasteiger partial charge in [-0.05, 0) is 12.8 Å². The maximum atomic E-state index is 10.7. The minimum absolute atomic E-state index is 0.158. The van der Waals surface area contributed by atoms with Gasteiger partial charge in [0.05, 0.1) is 6.54 Å². The SMILES string of the molecule is NCC(=O)NC1(C(=O)O)CC1. The molecule has 5 nitrogen and oxygen atoms in total. The van der Waals surface area contributed by atoms with E-state index in [2.05, 4.69) is 5.32 Å². The van der Waals surface area contributed by atoms with Crippen molar-refractivity contribution in [1.82, 2.24) is 5.32 Å². The smallest absolute Gasteiger partial charge is 0.329 e. The van der Waals surface area contributed by atoms with Crippen molar-refractivity contribution in [2.45, 2.75) is 18.4 Å². The molecule has 11 heavy (non-hydrogen) atoms. The average molecular weight is 158 g/mol. The minimum atomic E-state index is -0.990. The molecule has 1 aliphatic rings. The van der Waals surface area contributed by atoms with Crippen LogP contribution in [0.15, 0.2) is 0 Å². The van der Waals surface area contributed by atoms with Gasteiger partial charge in [-0.25, -0.2) is 4.79 Å². The van der Waals surface area contributed by atoms with E-state index in [0.717, 1.165) is 0 Å². The number of nitrogens with one attached hydrogen (secondary N) is 1. The minimum Gasteiger partial charge on any atom is -0.480 e. The van der Waals surface area contributed by atoms with Crippen LogP contribution in [0.4, 0.5) is 0 Å². The van der Waals surface area contributed by atoms with E-state index < -0.39 is 17.4 Å². The van der Waals surface area contributed by atoms with E-state index >= 15 is 0 Å². The molecule has 5 heteroatoms. The molecule has 0 aromatic carbocycles. The molecule has 1 saturated carbocycles. The lowest BCUT2D eigenvalue weighted by atomic mass is 10.3. The third-order valence-electron chi connectivity index (χ3n) is 1.72. The van der Waals surface area contributed by atoms with Crippen LogP contribution < -0.4 is 11.1 Å². The van der Waals surface area contributed by atoms with Crippen LogP contribution in [0.1, 0.15) is 12.8 Å². The Bertz CT molecular complexity index is 198. The summed E-state index contributed by atoms with van der Waals surface area (Å²) < 4.78 is 0. The lowest BCUT2D eigenvalue weighted by molar-refractivity contribution is -0.142. The van der Waals surface area contributed by atoms with Crippen molar-refractivity contribution in [2.75, 3.05) is 6.54 Å². The third kappa shape index (κ3) is 1.48. The quantitative estimate of drug-likeness (QED) is 0.475. The first kappa shape index (κ1) is 8.00. The number of rotatable bonds is 3. The molecule has 0 bridgehead atoms. The molecule has 1 fully saturated rings. The van der Waals surface area contributed by atoms with Gasteiger partial charge in [-0.15, -0.1) is 0 Å². The summed E-state index contributed by atoms with van der Waals surface area (Å²) in [5.41, 5.74) is 4.01. The second kappa shape index (κ2) is 2.50. The summed E-state index contributed by atoms with van der Waals surface area (Å²) >= 11 is 0. The second-order valence-corrected chi connectivity index (χ2v) is 2.64. The zero-order chi connectivity index (χ0) is 8.48. The van der Waals surface area contributed by atoms with Crippen molar-refractivity contribution in [3.05, 3.63) is 0 Å². The fourth-order valence-corrected chi connectivity index (χ4v) is 0.835. The first-order valence-corrected chi connectivity index (χ1v) is 3.35. The van der Waals surface area contributed by atoms with E-state index in [-0.39, 0.29) is 6.54 Å². The summed E-state index contributed by atoms with van der Waals surface area (Å²) in [4.78, 5) is 21.2. The van der Waals surface area contributed by atoms with E-state index in [9.17, 15) is 9.59 Å². The van der Waals surface area contributed by atoms with Gasteiger partial charge in [0.1, 0.15) is 5.54 Å². The van der Waals surface area contributed by atoms with Gasteiger partial charge >= 0.3 is 5.97 Å². The van der Waals surface area contributed by atoms with E-state index in [1.165, 1.54) is 0 Å². The monoisotopic (exact) mass is 158 g/mol. The Kier molecular flexibility index (Phi) is 1.82. The fourth-order valence-electron chi connectivity index (χ4n) is 0.835. The highest BCUT2D eigenvalue weighted by atomic mass is 16.4. The Balaban J connectivity index is 2.48. The highest BCUT2D eigenvalue weighted by molar-refractivity contribution is 5.90. The van der Waals surface area contributed by atoms with Crippen LogP contribution in [0.3, 0.4) is 0 Å². The summed E-state index contributed by atoms with van der Waals surface area (Å²) in [5.74, 6) is -1.38. The van der Waals surface area contributed by atoms with Gasteiger partial charge in [-0.3, -0.25) is 4.79 Å². The van der Waals surface area contributed by atoms with Crippen LogP contribution in [0.5, 0.6) is 0 Å². The topological polar surface area (TPSA) is 92.4 Å². The molecule has 0 aromatic rings.